The lowest BCUT2D eigenvalue weighted by atomic mass is 9.71. The van der Waals surface area contributed by atoms with Gasteiger partial charge >= 0.3 is 0 Å². The summed E-state index contributed by atoms with van der Waals surface area (Å²) in [5, 5.41) is 10.7. The Morgan fingerprint density at radius 2 is 1.55 bits per heavy atom. The molecule has 4 heteroatoms. The minimum absolute atomic E-state index is 0.0317. The van der Waals surface area contributed by atoms with Crippen LogP contribution >= 0.6 is 0 Å². The number of likely N-dealkylation sites (tertiary alicyclic amines) is 1. The summed E-state index contributed by atoms with van der Waals surface area (Å²) in [5.74, 6) is -0.246. The van der Waals surface area contributed by atoms with E-state index in [0.29, 0.717) is 12.8 Å². The number of hydrogen-bond donors (Lipinski definition) is 1. The topological polar surface area (TPSA) is 57.6 Å². The molecule has 0 aromatic rings. The third-order valence-electron chi connectivity index (χ3n) is 5.67. The largest absolute Gasteiger partial charge is 0.388 e. The lowest BCUT2D eigenvalue weighted by Crippen LogP contribution is -2.49. The molecule has 1 N–H and O–H groups in total. The van der Waals surface area contributed by atoms with Crippen molar-refractivity contribution in [2.24, 2.45) is 17.3 Å². The molecule has 0 bridgehead atoms. The Morgan fingerprint density at radius 1 is 1.05 bits per heavy atom. The highest BCUT2D eigenvalue weighted by atomic mass is 16.3. The molecular formula is C16H25NO3. The van der Waals surface area contributed by atoms with E-state index < -0.39 is 5.60 Å². The molecule has 3 aliphatic rings. The second-order valence-electron chi connectivity index (χ2n) is 7.80. The van der Waals surface area contributed by atoms with Crippen molar-refractivity contribution in [3.05, 3.63) is 0 Å². The normalized spacial score (nSPS) is 35.5. The number of amides is 2. The molecule has 3 rings (SSSR count). The summed E-state index contributed by atoms with van der Waals surface area (Å²) in [4.78, 5) is 26.0. The number of imide groups is 1. The average Bonchev–Trinajstić information content (AvgIpc) is 2.94. The van der Waals surface area contributed by atoms with Crippen molar-refractivity contribution < 1.29 is 14.7 Å². The van der Waals surface area contributed by atoms with Crippen LogP contribution in [-0.4, -0.2) is 34.0 Å². The first-order chi connectivity index (χ1) is 9.31. The van der Waals surface area contributed by atoms with Crippen LogP contribution in [0.2, 0.25) is 0 Å². The SMILES string of the molecule is CC1(C)CCC(O)(CN2C(=O)C3CCCC3C2=O)CC1. The van der Waals surface area contributed by atoms with Gasteiger partial charge in [-0.3, -0.25) is 14.5 Å². The van der Waals surface area contributed by atoms with Gasteiger partial charge in [-0.2, -0.15) is 0 Å². The van der Waals surface area contributed by atoms with Crippen LogP contribution in [0.25, 0.3) is 0 Å². The summed E-state index contributed by atoms with van der Waals surface area (Å²) in [6, 6.07) is 0. The van der Waals surface area contributed by atoms with Crippen LogP contribution in [0, 0.1) is 17.3 Å². The van der Waals surface area contributed by atoms with Crippen molar-refractivity contribution in [3.63, 3.8) is 0 Å². The van der Waals surface area contributed by atoms with E-state index in [9.17, 15) is 14.7 Å². The maximum Gasteiger partial charge on any atom is 0.233 e. The van der Waals surface area contributed by atoms with Gasteiger partial charge in [0, 0.05) is 0 Å². The molecule has 0 aromatic carbocycles. The number of fused-ring (bicyclic) bond motifs is 1. The maximum absolute atomic E-state index is 12.3. The van der Waals surface area contributed by atoms with E-state index >= 15 is 0 Å². The molecule has 0 radical (unpaired) electrons. The fourth-order valence-electron chi connectivity index (χ4n) is 4.06. The second kappa shape index (κ2) is 4.55. The van der Waals surface area contributed by atoms with Gasteiger partial charge in [0.25, 0.3) is 0 Å². The zero-order chi connectivity index (χ0) is 14.5. The molecule has 2 saturated carbocycles. The molecule has 2 amide bonds. The molecular weight excluding hydrogens is 254 g/mol. The Hall–Kier alpha value is -0.900. The maximum atomic E-state index is 12.3. The molecule has 1 heterocycles. The Bertz CT molecular complexity index is 411. The summed E-state index contributed by atoms with van der Waals surface area (Å²) < 4.78 is 0. The summed E-state index contributed by atoms with van der Waals surface area (Å²) >= 11 is 0. The third-order valence-corrected chi connectivity index (χ3v) is 5.67. The van der Waals surface area contributed by atoms with Crippen LogP contribution in [0.3, 0.4) is 0 Å². The molecule has 20 heavy (non-hydrogen) atoms. The van der Waals surface area contributed by atoms with E-state index in [-0.39, 0.29) is 35.6 Å². The van der Waals surface area contributed by atoms with Crippen molar-refractivity contribution in [3.8, 4) is 0 Å². The Labute approximate surface area is 120 Å². The molecule has 2 atom stereocenters. The highest BCUT2D eigenvalue weighted by Crippen LogP contribution is 2.43. The van der Waals surface area contributed by atoms with E-state index in [1.54, 1.807) is 0 Å². The molecule has 4 nitrogen and oxygen atoms in total. The molecule has 1 saturated heterocycles. The van der Waals surface area contributed by atoms with E-state index in [1.165, 1.54) is 4.90 Å². The molecule has 1 aliphatic heterocycles. The van der Waals surface area contributed by atoms with E-state index in [4.69, 9.17) is 0 Å². The number of rotatable bonds is 2. The standard InChI is InChI=1S/C16H25NO3/c1-15(2)6-8-16(20,9-7-15)10-17-13(18)11-4-3-5-12(11)14(17)19/h11-12,20H,3-10H2,1-2H3. The van der Waals surface area contributed by atoms with Gasteiger partial charge in [-0.05, 0) is 43.9 Å². The van der Waals surface area contributed by atoms with Crippen LogP contribution in [0.1, 0.15) is 58.8 Å². The van der Waals surface area contributed by atoms with Gasteiger partial charge in [0.15, 0.2) is 0 Å². The van der Waals surface area contributed by atoms with Crippen LogP contribution in [0.4, 0.5) is 0 Å². The molecule has 2 unspecified atom stereocenters. The van der Waals surface area contributed by atoms with Gasteiger partial charge in [-0.1, -0.05) is 20.3 Å². The first kappa shape index (κ1) is 14.1. The fourth-order valence-corrected chi connectivity index (χ4v) is 4.06. The summed E-state index contributed by atoms with van der Waals surface area (Å²) in [6.07, 6.45) is 5.95. The monoisotopic (exact) mass is 279 g/mol. The minimum atomic E-state index is -0.862. The van der Waals surface area contributed by atoms with Crippen LogP contribution in [-0.2, 0) is 9.59 Å². The number of nitrogens with zero attached hydrogens (tertiary/aromatic N) is 1. The molecule has 112 valence electrons. The number of hydrogen-bond acceptors (Lipinski definition) is 3. The summed E-state index contributed by atoms with van der Waals surface area (Å²) in [6.45, 7) is 4.64. The van der Waals surface area contributed by atoms with Crippen molar-refractivity contribution >= 4 is 11.8 Å². The summed E-state index contributed by atoms with van der Waals surface area (Å²) in [5.41, 5.74) is -0.596. The Morgan fingerprint density at radius 3 is 2.05 bits per heavy atom. The lowest BCUT2D eigenvalue weighted by molar-refractivity contribution is -0.146. The first-order valence-corrected chi connectivity index (χ1v) is 7.89. The number of carbonyl (C=O) groups is 2. The Balaban J connectivity index is 1.69. The molecule has 0 aromatic heterocycles. The predicted octanol–water partition coefficient (Wildman–Crippen LogP) is 2.10. The fraction of sp³-hybridized carbons (Fsp3) is 0.875. The van der Waals surface area contributed by atoms with Gasteiger partial charge in [0.05, 0.1) is 24.0 Å². The van der Waals surface area contributed by atoms with E-state index in [0.717, 1.165) is 32.1 Å². The molecule has 3 fully saturated rings. The van der Waals surface area contributed by atoms with Gasteiger partial charge in [0.2, 0.25) is 11.8 Å². The van der Waals surface area contributed by atoms with E-state index in [2.05, 4.69) is 13.8 Å². The average molecular weight is 279 g/mol. The number of aliphatic hydroxyl groups is 1. The van der Waals surface area contributed by atoms with Gasteiger partial charge in [-0.15, -0.1) is 0 Å². The van der Waals surface area contributed by atoms with Gasteiger partial charge in [0.1, 0.15) is 0 Å². The van der Waals surface area contributed by atoms with Crippen LogP contribution in [0.15, 0.2) is 0 Å². The van der Waals surface area contributed by atoms with Crippen LogP contribution < -0.4 is 0 Å². The lowest BCUT2D eigenvalue weighted by Gasteiger charge is -2.41. The van der Waals surface area contributed by atoms with Crippen molar-refractivity contribution in [1.82, 2.24) is 4.90 Å². The van der Waals surface area contributed by atoms with Gasteiger partial charge < -0.3 is 5.11 Å². The quantitative estimate of drug-likeness (QED) is 0.788. The molecule has 2 aliphatic carbocycles. The van der Waals surface area contributed by atoms with Gasteiger partial charge in [-0.25, -0.2) is 0 Å². The zero-order valence-electron chi connectivity index (χ0n) is 12.5. The number of carbonyl (C=O) groups excluding carboxylic acids is 2. The second-order valence-corrected chi connectivity index (χ2v) is 7.80. The third kappa shape index (κ3) is 2.28. The highest BCUT2D eigenvalue weighted by molar-refractivity contribution is 6.05. The highest BCUT2D eigenvalue weighted by Gasteiger charge is 2.51. The smallest absolute Gasteiger partial charge is 0.233 e. The molecule has 0 spiro atoms. The van der Waals surface area contributed by atoms with Crippen molar-refractivity contribution in [2.75, 3.05) is 6.54 Å². The first-order valence-electron chi connectivity index (χ1n) is 7.89. The minimum Gasteiger partial charge on any atom is -0.388 e. The number of β-amino-alcohol motifs (C(OH)–C–C–N with tert-alkyl or cyclic N) is 1. The van der Waals surface area contributed by atoms with Crippen molar-refractivity contribution in [2.45, 2.75) is 64.4 Å². The van der Waals surface area contributed by atoms with E-state index in [1.807, 2.05) is 0 Å². The zero-order valence-corrected chi connectivity index (χ0v) is 12.5. The van der Waals surface area contributed by atoms with Crippen molar-refractivity contribution in [1.29, 1.82) is 0 Å². The van der Waals surface area contributed by atoms with Crippen LogP contribution in [0.5, 0.6) is 0 Å². The summed E-state index contributed by atoms with van der Waals surface area (Å²) in [7, 11) is 0. The predicted molar refractivity (Wildman–Crippen MR) is 74.7 cm³/mol. The Kier molecular flexibility index (Phi) is 3.20.